The van der Waals surface area contributed by atoms with E-state index in [1.807, 2.05) is 0 Å². The first-order chi connectivity index (χ1) is 11.1. The maximum atomic E-state index is 11.5. The van der Waals surface area contributed by atoms with Crippen molar-refractivity contribution in [2.24, 2.45) is 0 Å². The zero-order valence-corrected chi connectivity index (χ0v) is 13.2. The molecule has 2 amide bonds. The van der Waals surface area contributed by atoms with E-state index >= 15 is 0 Å². The van der Waals surface area contributed by atoms with Crippen LogP contribution in [-0.4, -0.2) is 38.0 Å². The Morgan fingerprint density at radius 3 is 2.74 bits per heavy atom. The lowest BCUT2D eigenvalue weighted by atomic mass is 10.2. The zero-order chi connectivity index (χ0) is 16.9. The number of carbonyl (C=O) groups excluding carboxylic acids is 3. The zero-order valence-electron chi connectivity index (χ0n) is 13.2. The molecule has 0 aliphatic rings. The molecule has 23 heavy (non-hydrogen) atoms. The van der Waals surface area contributed by atoms with Crippen molar-refractivity contribution in [3.63, 3.8) is 0 Å². The third kappa shape index (κ3) is 9.13. The Kier molecular flexibility index (Phi) is 8.88. The minimum absolute atomic E-state index is 0.0799. The van der Waals surface area contributed by atoms with Gasteiger partial charge in [0.2, 0.25) is 11.8 Å². The molecule has 2 N–H and O–H groups in total. The minimum Gasteiger partial charge on any atom is -0.469 e. The second kappa shape index (κ2) is 11.1. The van der Waals surface area contributed by atoms with Gasteiger partial charge in [-0.2, -0.15) is 0 Å². The Hall–Kier alpha value is -2.57. The largest absolute Gasteiger partial charge is 0.469 e. The Balaban J connectivity index is 2.03. The molecule has 1 aromatic rings. The first kappa shape index (κ1) is 18.5. The van der Waals surface area contributed by atoms with Gasteiger partial charge in [0.25, 0.3) is 0 Å². The van der Waals surface area contributed by atoms with Crippen LogP contribution in [0, 0.1) is 0 Å². The van der Waals surface area contributed by atoms with Crippen molar-refractivity contribution in [3.8, 4) is 0 Å². The van der Waals surface area contributed by atoms with Crippen LogP contribution in [0.1, 0.15) is 31.4 Å². The summed E-state index contributed by atoms with van der Waals surface area (Å²) in [5, 5.41) is 5.18. The van der Waals surface area contributed by atoms with Crippen molar-refractivity contribution in [2.75, 3.05) is 20.2 Å². The van der Waals surface area contributed by atoms with Gasteiger partial charge >= 0.3 is 5.97 Å². The van der Waals surface area contributed by atoms with Crippen molar-refractivity contribution in [2.45, 2.75) is 25.7 Å². The quantitative estimate of drug-likeness (QED) is 0.384. The third-order valence-corrected chi connectivity index (χ3v) is 2.97. The van der Waals surface area contributed by atoms with Gasteiger partial charge in [0.05, 0.1) is 19.9 Å². The fourth-order valence-electron chi connectivity index (χ4n) is 1.73. The highest BCUT2D eigenvalue weighted by molar-refractivity contribution is 5.93. The van der Waals surface area contributed by atoms with Crippen molar-refractivity contribution in [3.05, 3.63) is 30.2 Å². The van der Waals surface area contributed by atoms with Crippen LogP contribution in [0.15, 0.2) is 28.9 Å². The topological polar surface area (TPSA) is 97.6 Å². The molecule has 7 heteroatoms. The van der Waals surface area contributed by atoms with Crippen LogP contribution in [0.4, 0.5) is 0 Å². The van der Waals surface area contributed by atoms with E-state index in [0.717, 1.165) is 19.3 Å². The molecular formula is C16H22N2O5. The molecule has 1 rings (SSSR count). The molecule has 0 unspecified atom stereocenters. The van der Waals surface area contributed by atoms with Crippen LogP contribution in [0.25, 0.3) is 6.08 Å². The van der Waals surface area contributed by atoms with Gasteiger partial charge in [-0.25, -0.2) is 0 Å². The normalized spacial score (nSPS) is 10.5. The molecule has 0 aliphatic heterocycles. The lowest BCUT2D eigenvalue weighted by Gasteiger charge is -2.05. The molecule has 1 aromatic heterocycles. The van der Waals surface area contributed by atoms with E-state index in [2.05, 4.69) is 15.4 Å². The van der Waals surface area contributed by atoms with Gasteiger partial charge in [0, 0.05) is 19.0 Å². The van der Waals surface area contributed by atoms with Crippen LogP contribution < -0.4 is 10.6 Å². The summed E-state index contributed by atoms with van der Waals surface area (Å²) in [6.45, 7) is 0.432. The average Bonchev–Trinajstić information content (AvgIpc) is 3.07. The van der Waals surface area contributed by atoms with Gasteiger partial charge in [-0.05, 0) is 31.1 Å². The molecule has 0 bridgehead atoms. The molecular weight excluding hydrogens is 300 g/mol. The lowest BCUT2D eigenvalue weighted by molar-refractivity contribution is -0.140. The number of carbonyl (C=O) groups is 3. The molecule has 1 heterocycles. The van der Waals surface area contributed by atoms with E-state index in [0.29, 0.717) is 18.7 Å². The monoisotopic (exact) mass is 322 g/mol. The number of nitrogens with one attached hydrogen (secondary N) is 2. The van der Waals surface area contributed by atoms with Crippen LogP contribution in [0.2, 0.25) is 0 Å². The minimum atomic E-state index is -0.366. The summed E-state index contributed by atoms with van der Waals surface area (Å²) in [5.41, 5.74) is 0. The lowest BCUT2D eigenvalue weighted by Crippen LogP contribution is -2.36. The molecule has 0 saturated carbocycles. The molecule has 0 aromatic carbocycles. The van der Waals surface area contributed by atoms with Gasteiger partial charge in [-0.1, -0.05) is 6.42 Å². The van der Waals surface area contributed by atoms with Gasteiger partial charge in [-0.15, -0.1) is 0 Å². The summed E-state index contributed by atoms with van der Waals surface area (Å²) < 4.78 is 9.57. The summed E-state index contributed by atoms with van der Waals surface area (Å²) in [6, 6.07) is 3.44. The molecule has 7 nitrogen and oxygen atoms in total. The third-order valence-electron chi connectivity index (χ3n) is 2.97. The van der Waals surface area contributed by atoms with Crippen molar-refractivity contribution < 1.29 is 23.5 Å². The average molecular weight is 322 g/mol. The van der Waals surface area contributed by atoms with E-state index in [4.69, 9.17) is 4.42 Å². The molecule has 0 fully saturated rings. The standard InChI is InChI=1S/C16H22N2O5/c1-22-16(21)7-3-2-4-10-17-15(20)12-18-14(19)9-8-13-6-5-11-23-13/h5-6,8-9,11H,2-4,7,10,12H2,1H3,(H,17,20)(H,18,19)/b9-8+. The number of unbranched alkanes of at least 4 members (excludes halogenated alkanes) is 2. The predicted octanol–water partition coefficient (Wildman–Crippen LogP) is 1.26. The Bertz CT molecular complexity index is 523. The van der Waals surface area contributed by atoms with Crippen molar-refractivity contribution >= 4 is 23.9 Å². The summed E-state index contributed by atoms with van der Waals surface area (Å²) in [6.07, 6.45) is 7.06. The molecule has 126 valence electrons. The highest BCUT2D eigenvalue weighted by Crippen LogP contribution is 2.01. The number of rotatable bonds is 10. The van der Waals surface area contributed by atoms with Crippen LogP contribution in [0.5, 0.6) is 0 Å². The second-order valence-corrected chi connectivity index (χ2v) is 4.80. The second-order valence-electron chi connectivity index (χ2n) is 4.80. The number of amides is 2. The number of hydrogen-bond donors (Lipinski definition) is 2. The maximum Gasteiger partial charge on any atom is 0.305 e. The number of ether oxygens (including phenoxy) is 1. The fourth-order valence-corrected chi connectivity index (χ4v) is 1.73. The van der Waals surface area contributed by atoms with Gasteiger partial charge in [0.15, 0.2) is 0 Å². The number of furan rings is 1. The fraction of sp³-hybridized carbons (Fsp3) is 0.438. The smallest absolute Gasteiger partial charge is 0.305 e. The van der Waals surface area contributed by atoms with E-state index in [9.17, 15) is 14.4 Å². The molecule has 0 saturated heterocycles. The first-order valence-corrected chi connectivity index (χ1v) is 7.44. The predicted molar refractivity (Wildman–Crippen MR) is 84.2 cm³/mol. The van der Waals surface area contributed by atoms with Gasteiger partial charge < -0.3 is 19.8 Å². The number of esters is 1. The molecule has 0 aliphatic carbocycles. The van der Waals surface area contributed by atoms with Crippen molar-refractivity contribution in [1.29, 1.82) is 0 Å². The molecule has 0 atom stereocenters. The van der Waals surface area contributed by atoms with Crippen LogP contribution in [0.3, 0.4) is 0 Å². The summed E-state index contributed by atoms with van der Waals surface area (Å²) in [7, 11) is 1.36. The highest BCUT2D eigenvalue weighted by Gasteiger charge is 2.03. The Labute approximate surface area is 135 Å². The van der Waals surface area contributed by atoms with Gasteiger partial charge in [-0.3, -0.25) is 14.4 Å². The van der Waals surface area contributed by atoms with E-state index in [1.165, 1.54) is 25.5 Å². The summed E-state index contributed by atoms with van der Waals surface area (Å²) in [5.74, 6) is -0.275. The van der Waals surface area contributed by atoms with E-state index in [-0.39, 0.29) is 24.3 Å². The number of methoxy groups -OCH3 is 1. The molecule has 0 radical (unpaired) electrons. The maximum absolute atomic E-state index is 11.5. The summed E-state index contributed by atoms with van der Waals surface area (Å²) >= 11 is 0. The Morgan fingerprint density at radius 2 is 2.04 bits per heavy atom. The summed E-state index contributed by atoms with van der Waals surface area (Å²) in [4.78, 5) is 33.9. The molecule has 0 spiro atoms. The van der Waals surface area contributed by atoms with Gasteiger partial charge in [0.1, 0.15) is 5.76 Å². The van der Waals surface area contributed by atoms with Crippen molar-refractivity contribution in [1.82, 2.24) is 10.6 Å². The van der Waals surface area contributed by atoms with Crippen LogP contribution in [-0.2, 0) is 19.1 Å². The van der Waals surface area contributed by atoms with Crippen LogP contribution >= 0.6 is 0 Å². The SMILES string of the molecule is COC(=O)CCCCCNC(=O)CNC(=O)/C=C/c1ccco1. The highest BCUT2D eigenvalue weighted by atomic mass is 16.5. The number of hydrogen-bond acceptors (Lipinski definition) is 5. The van der Waals surface area contributed by atoms with E-state index in [1.54, 1.807) is 12.1 Å². The van der Waals surface area contributed by atoms with E-state index < -0.39 is 0 Å². The Morgan fingerprint density at radius 1 is 1.22 bits per heavy atom. The first-order valence-electron chi connectivity index (χ1n) is 7.44.